The van der Waals surface area contributed by atoms with Crippen molar-refractivity contribution in [1.29, 1.82) is 0 Å². The van der Waals surface area contributed by atoms with Gasteiger partial charge in [-0.05, 0) is 24.1 Å². The van der Waals surface area contributed by atoms with Gasteiger partial charge in [0.15, 0.2) is 9.84 Å². The number of hydrogen-bond acceptors (Lipinski definition) is 8. The Morgan fingerprint density at radius 2 is 1.91 bits per heavy atom. The lowest BCUT2D eigenvalue weighted by Gasteiger charge is -2.38. The van der Waals surface area contributed by atoms with Crippen LogP contribution in [0.15, 0.2) is 29.3 Å². The number of halogens is 3. The summed E-state index contributed by atoms with van der Waals surface area (Å²) >= 11 is 0. The van der Waals surface area contributed by atoms with Gasteiger partial charge in [-0.25, -0.2) is 28.2 Å². The van der Waals surface area contributed by atoms with Gasteiger partial charge in [0, 0.05) is 25.5 Å². The van der Waals surface area contributed by atoms with Gasteiger partial charge in [-0.2, -0.15) is 13.2 Å². The second-order valence-electron chi connectivity index (χ2n) is 8.34. The van der Waals surface area contributed by atoms with E-state index in [4.69, 9.17) is 4.74 Å². The van der Waals surface area contributed by atoms with Gasteiger partial charge in [-0.1, -0.05) is 13.8 Å². The fourth-order valence-electron chi connectivity index (χ4n) is 4.22. The quantitative estimate of drug-likeness (QED) is 0.506. The fourth-order valence-corrected chi connectivity index (χ4v) is 5.09. The molecule has 34 heavy (non-hydrogen) atoms. The highest BCUT2D eigenvalue weighted by molar-refractivity contribution is 7.90. The minimum absolute atomic E-state index is 0.0705. The van der Waals surface area contributed by atoms with E-state index in [1.807, 2.05) is 18.4 Å². The van der Waals surface area contributed by atoms with Gasteiger partial charge in [0.25, 0.3) is 0 Å². The van der Waals surface area contributed by atoms with Crippen molar-refractivity contribution < 1.29 is 31.1 Å². The van der Waals surface area contributed by atoms with Crippen molar-refractivity contribution in [2.75, 3.05) is 24.8 Å². The molecule has 182 valence electrons. The van der Waals surface area contributed by atoms with Crippen molar-refractivity contribution in [2.45, 2.75) is 37.5 Å². The number of sulfone groups is 1. The highest BCUT2D eigenvalue weighted by Crippen LogP contribution is 2.38. The fraction of sp³-hybridized carbons (Fsp3) is 0.429. The molecule has 0 radical (unpaired) electrons. The molecule has 1 atom stereocenters. The Morgan fingerprint density at radius 1 is 1.21 bits per heavy atom. The van der Waals surface area contributed by atoms with Crippen molar-refractivity contribution in [2.24, 2.45) is 5.92 Å². The second-order valence-corrected chi connectivity index (χ2v) is 10.3. The maximum Gasteiger partial charge on any atom is 0.433 e. The number of rotatable bonds is 4. The van der Waals surface area contributed by atoms with Crippen LogP contribution in [0.5, 0.6) is 0 Å². The smallest absolute Gasteiger partial charge is 0.433 e. The number of anilines is 1. The van der Waals surface area contributed by atoms with E-state index in [1.54, 1.807) is 4.90 Å². The maximum atomic E-state index is 13.2. The van der Waals surface area contributed by atoms with Crippen LogP contribution in [0.25, 0.3) is 11.0 Å². The first-order chi connectivity index (χ1) is 15.8. The number of benzene rings is 1. The third-order valence-electron chi connectivity index (χ3n) is 5.67. The van der Waals surface area contributed by atoms with E-state index in [0.717, 1.165) is 25.6 Å². The number of aromatic nitrogens is 4. The SMILES string of the molecule is COC(=O)c1cc2nc3n(c2cc1S(C)(=O)=O)CCN(c1nccc(C(F)(F)F)n1)C3C(C)C. The zero-order chi connectivity index (χ0) is 25.0. The molecule has 13 heteroatoms. The molecule has 1 aromatic carbocycles. The van der Waals surface area contributed by atoms with E-state index < -0.39 is 33.7 Å². The first kappa shape index (κ1) is 23.9. The predicted molar refractivity (Wildman–Crippen MR) is 116 cm³/mol. The standard InChI is InChI=1S/C21H22F3N5O4S/c1-11(2)17-18-26-13-9-12(19(30)33-3)15(34(4,31)32)10-14(13)28(18)7-8-29(17)20-25-6-5-16(27-20)21(22,23)24/h5-6,9-11,17H,7-8H2,1-4H3. The molecule has 0 aliphatic carbocycles. The van der Waals surface area contributed by atoms with E-state index in [-0.39, 0.29) is 28.9 Å². The van der Waals surface area contributed by atoms with Crippen LogP contribution in [0.3, 0.4) is 0 Å². The van der Waals surface area contributed by atoms with E-state index in [0.29, 0.717) is 23.4 Å². The zero-order valence-corrected chi connectivity index (χ0v) is 19.6. The molecule has 1 aliphatic rings. The monoisotopic (exact) mass is 497 g/mol. The average Bonchev–Trinajstić information content (AvgIpc) is 3.13. The lowest BCUT2D eigenvalue weighted by Crippen LogP contribution is -2.42. The van der Waals surface area contributed by atoms with Crippen LogP contribution in [-0.2, 0) is 27.3 Å². The Hall–Kier alpha value is -3.22. The minimum atomic E-state index is -4.61. The molecule has 0 saturated heterocycles. The summed E-state index contributed by atoms with van der Waals surface area (Å²) in [4.78, 5) is 26.2. The van der Waals surface area contributed by atoms with Gasteiger partial charge < -0.3 is 14.2 Å². The summed E-state index contributed by atoms with van der Waals surface area (Å²) in [7, 11) is -2.61. The lowest BCUT2D eigenvalue weighted by molar-refractivity contribution is -0.141. The Kier molecular flexibility index (Phi) is 5.78. The molecule has 0 fully saturated rings. The number of methoxy groups -OCH3 is 1. The molecular formula is C21H22F3N5O4S. The van der Waals surface area contributed by atoms with E-state index in [1.165, 1.54) is 12.1 Å². The molecular weight excluding hydrogens is 475 g/mol. The van der Waals surface area contributed by atoms with Crippen LogP contribution in [0.1, 0.15) is 41.8 Å². The van der Waals surface area contributed by atoms with Gasteiger partial charge in [0.1, 0.15) is 11.5 Å². The van der Waals surface area contributed by atoms with Gasteiger partial charge in [-0.3, -0.25) is 0 Å². The maximum absolute atomic E-state index is 13.2. The van der Waals surface area contributed by atoms with Crippen LogP contribution in [0, 0.1) is 5.92 Å². The number of ether oxygens (including phenoxy) is 1. The summed E-state index contributed by atoms with van der Waals surface area (Å²) < 4.78 is 71.0. The Bertz CT molecular complexity index is 1390. The summed E-state index contributed by atoms with van der Waals surface area (Å²) in [5.74, 6) is -0.478. The van der Waals surface area contributed by atoms with E-state index in [9.17, 15) is 26.4 Å². The van der Waals surface area contributed by atoms with Crippen molar-refractivity contribution >= 4 is 32.8 Å². The molecule has 0 N–H and O–H groups in total. The summed E-state index contributed by atoms with van der Waals surface area (Å²) in [6, 6.07) is 3.08. The molecule has 0 spiro atoms. The molecule has 4 rings (SSSR count). The third-order valence-corrected chi connectivity index (χ3v) is 6.81. The Morgan fingerprint density at radius 3 is 2.50 bits per heavy atom. The number of carbonyl (C=O) groups is 1. The topological polar surface area (TPSA) is 107 Å². The Balaban J connectivity index is 1.89. The molecule has 1 aliphatic heterocycles. The summed E-state index contributed by atoms with van der Waals surface area (Å²) in [5, 5.41) is 0. The molecule has 0 bridgehead atoms. The van der Waals surface area contributed by atoms with E-state index >= 15 is 0 Å². The number of alkyl halides is 3. The van der Waals surface area contributed by atoms with Gasteiger partial charge in [0.2, 0.25) is 5.95 Å². The van der Waals surface area contributed by atoms with Crippen molar-refractivity contribution in [3.63, 3.8) is 0 Å². The summed E-state index contributed by atoms with van der Waals surface area (Å²) in [6.07, 6.45) is -2.54. The predicted octanol–water partition coefficient (Wildman–Crippen LogP) is 3.25. The van der Waals surface area contributed by atoms with Crippen molar-refractivity contribution in [3.8, 4) is 0 Å². The normalized spacial score (nSPS) is 16.7. The third kappa shape index (κ3) is 4.08. The molecule has 0 saturated carbocycles. The largest absolute Gasteiger partial charge is 0.465 e. The molecule has 1 unspecified atom stereocenters. The minimum Gasteiger partial charge on any atom is -0.465 e. The Labute approximate surface area is 193 Å². The van der Waals surface area contributed by atoms with Gasteiger partial charge in [0.05, 0.1) is 34.6 Å². The second kappa shape index (κ2) is 8.22. The first-order valence-corrected chi connectivity index (χ1v) is 12.2. The molecule has 9 nitrogen and oxygen atoms in total. The highest BCUT2D eigenvalue weighted by atomic mass is 32.2. The average molecular weight is 497 g/mol. The number of fused-ring (bicyclic) bond motifs is 3. The van der Waals surface area contributed by atoms with Crippen molar-refractivity contribution in [1.82, 2.24) is 19.5 Å². The van der Waals surface area contributed by atoms with Gasteiger partial charge >= 0.3 is 12.1 Å². The van der Waals surface area contributed by atoms with E-state index in [2.05, 4.69) is 15.0 Å². The summed E-state index contributed by atoms with van der Waals surface area (Å²) in [6.45, 7) is 4.36. The van der Waals surface area contributed by atoms with Crippen LogP contribution in [0.2, 0.25) is 0 Å². The van der Waals surface area contributed by atoms with Crippen LogP contribution in [0.4, 0.5) is 19.1 Å². The van der Waals surface area contributed by atoms with Crippen LogP contribution in [-0.4, -0.2) is 53.8 Å². The number of esters is 1. The molecule has 0 amide bonds. The molecule has 2 aromatic heterocycles. The molecule has 3 heterocycles. The number of nitrogens with zero attached hydrogens (tertiary/aromatic N) is 5. The number of imidazole rings is 1. The van der Waals surface area contributed by atoms with Crippen LogP contribution < -0.4 is 4.90 Å². The van der Waals surface area contributed by atoms with Crippen molar-refractivity contribution in [3.05, 3.63) is 41.5 Å². The van der Waals surface area contributed by atoms with Gasteiger partial charge in [-0.15, -0.1) is 0 Å². The highest BCUT2D eigenvalue weighted by Gasteiger charge is 2.37. The van der Waals surface area contributed by atoms with Crippen LogP contribution >= 0.6 is 0 Å². The number of hydrogen-bond donors (Lipinski definition) is 0. The first-order valence-electron chi connectivity index (χ1n) is 10.3. The lowest BCUT2D eigenvalue weighted by atomic mass is 10.00. The summed E-state index contributed by atoms with van der Waals surface area (Å²) in [5.41, 5.74) is -0.301. The number of carbonyl (C=O) groups excluding carboxylic acids is 1. The molecule has 3 aromatic rings. The zero-order valence-electron chi connectivity index (χ0n) is 18.8.